The van der Waals surface area contributed by atoms with E-state index in [0.29, 0.717) is 13.1 Å². The molecule has 1 aliphatic heterocycles. The van der Waals surface area contributed by atoms with Crippen molar-refractivity contribution in [1.82, 2.24) is 4.57 Å². The van der Waals surface area contributed by atoms with Gasteiger partial charge in [0.2, 0.25) is 0 Å². The molecule has 0 amide bonds. The van der Waals surface area contributed by atoms with E-state index in [-0.39, 0.29) is 11.8 Å². The second-order valence-electron chi connectivity index (χ2n) is 7.77. The van der Waals surface area contributed by atoms with Crippen molar-refractivity contribution < 1.29 is 0 Å². The molecular formula is C27H25N5S. The molecule has 0 saturated heterocycles. The third-order valence-corrected chi connectivity index (χ3v) is 5.38. The summed E-state index contributed by atoms with van der Waals surface area (Å²) in [5.74, 6) is -0.183. The number of hydrogen-bond acceptors (Lipinski definition) is 5. The number of para-hydroxylation sites is 2. The average Bonchev–Trinajstić information content (AvgIpc) is 2.86. The highest BCUT2D eigenvalue weighted by Crippen LogP contribution is 2.32. The first-order valence-electron chi connectivity index (χ1n) is 10.8. The van der Waals surface area contributed by atoms with Gasteiger partial charge in [-0.25, -0.2) is 0 Å². The van der Waals surface area contributed by atoms with Crippen LogP contribution in [0.2, 0.25) is 0 Å². The highest BCUT2D eigenvalue weighted by molar-refractivity contribution is 7.71. The first-order valence-corrected chi connectivity index (χ1v) is 11.2. The summed E-state index contributed by atoms with van der Waals surface area (Å²) in [5.41, 5.74) is 4.61. The van der Waals surface area contributed by atoms with Gasteiger partial charge in [-0.15, -0.1) is 0 Å². The summed E-state index contributed by atoms with van der Waals surface area (Å²) >= 11 is 5.51. The van der Waals surface area contributed by atoms with Crippen LogP contribution in [0, 0.1) is 39.0 Å². The van der Waals surface area contributed by atoms with E-state index in [2.05, 4.69) is 75.5 Å². The molecule has 0 fully saturated rings. The maximum Gasteiger partial charge on any atom is 0.0754 e. The van der Waals surface area contributed by atoms with Crippen molar-refractivity contribution >= 4 is 23.1 Å². The molecule has 0 bridgehead atoms. The van der Waals surface area contributed by atoms with Crippen LogP contribution in [0.4, 0.5) is 0 Å². The normalized spacial score (nSPS) is 12.5. The van der Waals surface area contributed by atoms with Crippen molar-refractivity contribution in [3.05, 3.63) is 83.4 Å². The van der Waals surface area contributed by atoms with E-state index in [0.717, 1.165) is 21.5 Å². The number of nitrogens with zero attached hydrogens (tertiary/aromatic N) is 5. The Bertz CT molecular complexity index is 1320. The lowest BCUT2D eigenvalue weighted by molar-refractivity contribution is 0.667. The van der Waals surface area contributed by atoms with Crippen LogP contribution in [0.25, 0.3) is 27.8 Å². The molecule has 0 saturated carbocycles. The minimum atomic E-state index is -0.0915. The average molecular weight is 452 g/mol. The van der Waals surface area contributed by atoms with Crippen LogP contribution in [0.1, 0.15) is 13.8 Å². The summed E-state index contributed by atoms with van der Waals surface area (Å²) in [4.78, 5) is 0. The van der Waals surface area contributed by atoms with Gasteiger partial charge >= 0.3 is 0 Å². The highest BCUT2D eigenvalue weighted by atomic mass is 32.1. The predicted molar refractivity (Wildman–Crippen MR) is 135 cm³/mol. The van der Waals surface area contributed by atoms with E-state index >= 15 is 0 Å². The third kappa shape index (κ3) is 6.10. The number of benzene rings is 3. The molecule has 1 aliphatic carbocycles. The summed E-state index contributed by atoms with van der Waals surface area (Å²) in [6.45, 7) is 4.42. The van der Waals surface area contributed by atoms with Crippen molar-refractivity contribution in [2.45, 2.75) is 13.8 Å². The monoisotopic (exact) mass is 451 g/mol. The van der Waals surface area contributed by atoms with Crippen LogP contribution < -0.4 is 0 Å². The van der Waals surface area contributed by atoms with Crippen LogP contribution in [0.15, 0.2) is 89.1 Å². The maximum atomic E-state index is 8.39. The van der Waals surface area contributed by atoms with E-state index in [1.807, 2.05) is 30.3 Å². The molecule has 6 heteroatoms. The molecule has 4 rings (SSSR count). The number of hydrogen-bond donors (Lipinski definition) is 0. The van der Waals surface area contributed by atoms with Crippen LogP contribution >= 0.6 is 12.2 Å². The van der Waals surface area contributed by atoms with Gasteiger partial charge in [-0.05, 0) is 55.6 Å². The van der Waals surface area contributed by atoms with Gasteiger partial charge < -0.3 is 4.57 Å². The maximum absolute atomic E-state index is 8.39. The van der Waals surface area contributed by atoms with E-state index in [1.54, 1.807) is 13.8 Å². The molecule has 0 aromatic heterocycles. The lowest BCUT2D eigenvalue weighted by atomic mass is 10.0. The topological polar surface area (TPSA) is 77.2 Å². The SMILES string of the molecule is CC(C#N)CN=NCC(C)C#N.S=c1cccc2n(-c3ccccc3)c3ccccc3cc1-2. The highest BCUT2D eigenvalue weighted by Gasteiger charge is 2.12. The lowest BCUT2D eigenvalue weighted by Crippen LogP contribution is -2.03. The van der Waals surface area contributed by atoms with Crippen molar-refractivity contribution in [2.24, 2.45) is 22.1 Å². The second kappa shape index (κ2) is 11.7. The Kier molecular flexibility index (Phi) is 8.41. The zero-order valence-electron chi connectivity index (χ0n) is 18.7. The van der Waals surface area contributed by atoms with Gasteiger partial charge in [0.15, 0.2) is 0 Å². The Morgan fingerprint density at radius 2 is 1.42 bits per heavy atom. The summed E-state index contributed by atoms with van der Waals surface area (Å²) in [7, 11) is 0. The van der Waals surface area contributed by atoms with Crippen molar-refractivity contribution in [2.75, 3.05) is 13.1 Å². The molecule has 0 radical (unpaired) electrons. The molecule has 0 spiro atoms. The first kappa shape index (κ1) is 23.8. The van der Waals surface area contributed by atoms with Gasteiger partial charge in [0.1, 0.15) is 0 Å². The molecule has 164 valence electrons. The number of aromatic nitrogens is 1. The summed E-state index contributed by atoms with van der Waals surface area (Å²) in [6, 6.07) is 31.3. The van der Waals surface area contributed by atoms with Crippen LogP contribution in [-0.2, 0) is 0 Å². The fraction of sp³-hybridized carbons (Fsp3) is 0.222. The summed E-state index contributed by atoms with van der Waals surface area (Å²) < 4.78 is 3.17. The van der Waals surface area contributed by atoms with Gasteiger partial charge in [-0.1, -0.05) is 54.7 Å². The van der Waals surface area contributed by atoms with E-state index in [4.69, 9.17) is 22.7 Å². The fourth-order valence-corrected chi connectivity index (χ4v) is 3.51. The van der Waals surface area contributed by atoms with Gasteiger partial charge in [0, 0.05) is 15.8 Å². The van der Waals surface area contributed by atoms with E-state index in [1.165, 1.54) is 10.9 Å². The molecule has 2 atom stereocenters. The third-order valence-electron chi connectivity index (χ3n) is 5.03. The Morgan fingerprint density at radius 3 is 2.06 bits per heavy atom. The molecule has 5 nitrogen and oxygen atoms in total. The Labute approximate surface area is 199 Å². The summed E-state index contributed by atoms with van der Waals surface area (Å²) in [5, 5.41) is 25.5. The summed E-state index contributed by atoms with van der Waals surface area (Å²) in [6.07, 6.45) is 0. The Hall–Kier alpha value is -3.87. The molecule has 0 N–H and O–H groups in total. The smallest absolute Gasteiger partial charge is 0.0754 e. The fourth-order valence-electron chi connectivity index (χ4n) is 3.27. The predicted octanol–water partition coefficient (Wildman–Crippen LogP) is 7.22. The van der Waals surface area contributed by atoms with Gasteiger partial charge in [-0.3, -0.25) is 0 Å². The van der Waals surface area contributed by atoms with Crippen molar-refractivity contribution in [1.29, 1.82) is 10.5 Å². The van der Waals surface area contributed by atoms with Crippen LogP contribution in [-0.4, -0.2) is 17.7 Å². The zero-order chi connectivity index (χ0) is 23.6. The molecule has 1 heterocycles. The molecule has 2 aromatic rings. The molecular weight excluding hydrogens is 426 g/mol. The molecule has 33 heavy (non-hydrogen) atoms. The Morgan fingerprint density at radius 1 is 0.818 bits per heavy atom. The van der Waals surface area contributed by atoms with Gasteiger partial charge in [0.25, 0.3) is 0 Å². The minimum Gasteiger partial charge on any atom is -0.309 e. The van der Waals surface area contributed by atoms with E-state index < -0.39 is 0 Å². The van der Waals surface area contributed by atoms with Crippen molar-refractivity contribution in [3.63, 3.8) is 0 Å². The zero-order valence-corrected chi connectivity index (χ0v) is 19.5. The van der Waals surface area contributed by atoms with Crippen molar-refractivity contribution in [3.8, 4) is 29.1 Å². The minimum absolute atomic E-state index is 0.0915. The standard InChI is InChI=1S/C19H13NS.C8H12N4/c21-19-12-6-11-18-16(19)13-14-7-4-5-10-17(14)20(18)15-8-2-1-3-9-15;1-7(3-9)5-11-12-6-8(2)4-10/h1-13H;7-8H,5-6H2,1-2H3. The molecule has 2 aromatic carbocycles. The number of azo groups is 1. The van der Waals surface area contributed by atoms with Crippen LogP contribution in [0.5, 0.6) is 0 Å². The van der Waals surface area contributed by atoms with Gasteiger partial charge in [-0.2, -0.15) is 20.8 Å². The Balaban J connectivity index is 0.000000221. The van der Waals surface area contributed by atoms with Gasteiger partial charge in [0.05, 0.1) is 48.3 Å². The molecule has 2 unspecified atom stereocenters. The largest absolute Gasteiger partial charge is 0.309 e. The lowest BCUT2D eigenvalue weighted by Gasteiger charge is -2.19. The number of pyridine rings is 1. The number of fused-ring (bicyclic) bond motifs is 2. The quantitative estimate of drug-likeness (QED) is 0.182. The second-order valence-corrected chi connectivity index (χ2v) is 8.21. The number of nitriles is 2. The molecule has 2 aliphatic rings. The first-order chi connectivity index (χ1) is 16.0. The van der Waals surface area contributed by atoms with Crippen LogP contribution in [0.3, 0.4) is 0 Å². The van der Waals surface area contributed by atoms with E-state index in [9.17, 15) is 0 Å². The number of rotatable bonds is 5.